The summed E-state index contributed by atoms with van der Waals surface area (Å²) >= 11 is 0. The summed E-state index contributed by atoms with van der Waals surface area (Å²) in [4.78, 5) is 0.686. The monoisotopic (exact) mass is 527 g/mol. The van der Waals surface area contributed by atoms with E-state index in [1.165, 1.54) is 18.3 Å². The molecule has 2 unspecified atom stereocenters. The first-order valence-corrected chi connectivity index (χ1v) is 13.6. The van der Waals surface area contributed by atoms with Gasteiger partial charge in [0.25, 0.3) is 0 Å². The Morgan fingerprint density at radius 3 is 2.58 bits per heavy atom. The number of hydrogen-bond acceptors (Lipinski definition) is 4. The Labute approximate surface area is 224 Å². The van der Waals surface area contributed by atoms with Gasteiger partial charge in [-0.1, -0.05) is 42.5 Å². The number of nitrogens with one attached hydrogen (secondary N) is 2. The van der Waals surface area contributed by atoms with Crippen LogP contribution in [0.3, 0.4) is 0 Å². The van der Waals surface area contributed by atoms with Crippen molar-refractivity contribution >= 4 is 34.7 Å². The van der Waals surface area contributed by atoms with Crippen LogP contribution in [0.5, 0.6) is 0 Å². The van der Waals surface area contributed by atoms with Crippen LogP contribution in [-0.2, 0) is 23.4 Å². The van der Waals surface area contributed by atoms with E-state index in [2.05, 4.69) is 47.7 Å². The van der Waals surface area contributed by atoms with Gasteiger partial charge in [0.05, 0.1) is 11.1 Å². The van der Waals surface area contributed by atoms with Gasteiger partial charge in [-0.05, 0) is 66.4 Å². The molecular weight excluding hydrogens is 497 g/mol. The second kappa shape index (κ2) is 10.8. The number of aromatic nitrogens is 2. The molecule has 0 aliphatic carbocycles. The molecule has 0 spiro atoms. The van der Waals surface area contributed by atoms with E-state index in [1.54, 1.807) is 29.2 Å². The zero-order valence-electron chi connectivity index (χ0n) is 21.4. The summed E-state index contributed by atoms with van der Waals surface area (Å²) in [7, 11) is 0.496. The molecule has 1 fully saturated rings. The Hall–Kier alpha value is -3.88. The molecule has 1 saturated heterocycles. The topological polar surface area (TPSA) is 74.0 Å². The number of anilines is 2. The standard InChI is InChI=1S/C30H30FN5OS/c1-22-16-29(34-26-10-8-25(31)9-11-26)24(18-32)17-28(22)30(13-12-23-6-4-3-5-7-23)14-15-36(21-30)38(37)27-19-33-35(2)20-27/h3-13,16-20,32,34H,14-15,21H2,1-2H3/b13-12+,32-18?. The summed E-state index contributed by atoms with van der Waals surface area (Å²) in [6, 6.07) is 20.4. The van der Waals surface area contributed by atoms with Gasteiger partial charge < -0.3 is 10.7 Å². The highest BCUT2D eigenvalue weighted by Gasteiger charge is 2.41. The van der Waals surface area contributed by atoms with E-state index in [4.69, 9.17) is 5.41 Å². The number of benzene rings is 3. The van der Waals surface area contributed by atoms with Gasteiger partial charge in [0.2, 0.25) is 0 Å². The van der Waals surface area contributed by atoms with E-state index >= 15 is 0 Å². The van der Waals surface area contributed by atoms with Crippen LogP contribution in [-0.4, -0.2) is 37.6 Å². The second-order valence-corrected chi connectivity index (χ2v) is 11.1. The van der Waals surface area contributed by atoms with Crippen molar-refractivity contribution in [2.75, 3.05) is 18.4 Å². The third-order valence-electron chi connectivity index (χ3n) is 6.99. The smallest absolute Gasteiger partial charge is 0.130 e. The van der Waals surface area contributed by atoms with Crippen LogP contribution in [0, 0.1) is 18.2 Å². The molecule has 5 rings (SSSR count). The average molecular weight is 528 g/mol. The van der Waals surface area contributed by atoms with Crippen molar-refractivity contribution < 1.29 is 8.60 Å². The van der Waals surface area contributed by atoms with Gasteiger partial charge in [-0.15, -0.1) is 0 Å². The summed E-state index contributed by atoms with van der Waals surface area (Å²) in [5, 5.41) is 15.7. The van der Waals surface area contributed by atoms with Crippen molar-refractivity contribution in [2.45, 2.75) is 23.7 Å². The van der Waals surface area contributed by atoms with Crippen LogP contribution in [0.25, 0.3) is 6.08 Å². The van der Waals surface area contributed by atoms with Gasteiger partial charge >= 0.3 is 0 Å². The summed E-state index contributed by atoms with van der Waals surface area (Å²) in [6.45, 7) is 3.30. The highest BCUT2D eigenvalue weighted by Crippen LogP contribution is 2.41. The molecule has 0 amide bonds. The highest BCUT2D eigenvalue weighted by atomic mass is 32.2. The van der Waals surface area contributed by atoms with Crippen molar-refractivity contribution in [1.82, 2.24) is 14.1 Å². The first-order chi connectivity index (χ1) is 18.4. The molecule has 0 bridgehead atoms. The lowest BCUT2D eigenvalue weighted by Gasteiger charge is -2.29. The molecule has 2 heterocycles. The van der Waals surface area contributed by atoms with Gasteiger partial charge in [0, 0.05) is 54.9 Å². The largest absolute Gasteiger partial charge is 0.355 e. The number of nitrogens with zero attached hydrogens (tertiary/aromatic N) is 3. The Bertz CT molecular complexity index is 1500. The van der Waals surface area contributed by atoms with Crippen molar-refractivity contribution in [1.29, 1.82) is 5.41 Å². The Kier molecular flexibility index (Phi) is 7.35. The molecule has 0 radical (unpaired) electrons. The van der Waals surface area contributed by atoms with Gasteiger partial charge in [0.1, 0.15) is 16.8 Å². The van der Waals surface area contributed by atoms with E-state index in [0.29, 0.717) is 18.0 Å². The number of aryl methyl sites for hydroxylation is 2. The molecule has 38 heavy (non-hydrogen) atoms. The van der Waals surface area contributed by atoms with E-state index < -0.39 is 16.4 Å². The molecule has 8 heteroatoms. The van der Waals surface area contributed by atoms with Gasteiger partial charge in [-0.3, -0.25) is 4.68 Å². The van der Waals surface area contributed by atoms with Crippen LogP contribution in [0.1, 0.15) is 28.7 Å². The summed E-state index contributed by atoms with van der Waals surface area (Å²) in [5.74, 6) is -0.295. The minimum absolute atomic E-state index is 0.295. The molecule has 1 aromatic heterocycles. The van der Waals surface area contributed by atoms with Crippen molar-refractivity contribution in [3.63, 3.8) is 0 Å². The van der Waals surface area contributed by atoms with Crippen LogP contribution < -0.4 is 5.32 Å². The third kappa shape index (κ3) is 5.37. The second-order valence-electron chi connectivity index (χ2n) is 9.64. The Morgan fingerprint density at radius 1 is 1.13 bits per heavy atom. The van der Waals surface area contributed by atoms with Gasteiger partial charge in [0.15, 0.2) is 0 Å². The maximum Gasteiger partial charge on any atom is 0.130 e. The SMILES string of the molecule is Cc1cc(Nc2ccc(F)cc2)c(C=N)cc1C1(/C=C/c2ccccc2)CCN(S(=O)c2cnn(C)c2)C1. The number of rotatable bonds is 8. The Morgan fingerprint density at radius 2 is 1.89 bits per heavy atom. The lowest BCUT2D eigenvalue weighted by atomic mass is 9.76. The zero-order chi connectivity index (χ0) is 26.7. The molecular formula is C30H30FN5OS. The maximum atomic E-state index is 13.4. The molecule has 1 aliphatic rings. The minimum atomic E-state index is -1.32. The molecule has 3 aromatic carbocycles. The fourth-order valence-corrected chi connectivity index (χ4v) is 6.30. The van der Waals surface area contributed by atoms with Gasteiger partial charge in [-0.25, -0.2) is 12.9 Å². The predicted octanol–water partition coefficient (Wildman–Crippen LogP) is 5.99. The van der Waals surface area contributed by atoms with Crippen molar-refractivity contribution in [3.8, 4) is 0 Å². The van der Waals surface area contributed by atoms with E-state index in [9.17, 15) is 8.60 Å². The van der Waals surface area contributed by atoms with Crippen LogP contribution >= 0.6 is 0 Å². The highest BCUT2D eigenvalue weighted by molar-refractivity contribution is 7.82. The van der Waals surface area contributed by atoms with Gasteiger partial charge in [-0.2, -0.15) is 5.10 Å². The predicted molar refractivity (Wildman–Crippen MR) is 152 cm³/mol. The van der Waals surface area contributed by atoms with Crippen LogP contribution in [0.4, 0.5) is 15.8 Å². The van der Waals surface area contributed by atoms with E-state index in [1.807, 2.05) is 35.6 Å². The van der Waals surface area contributed by atoms with Crippen molar-refractivity contribution in [3.05, 3.63) is 113 Å². The molecule has 0 saturated carbocycles. The van der Waals surface area contributed by atoms with Crippen LogP contribution in [0.2, 0.25) is 0 Å². The molecule has 2 N–H and O–H groups in total. The fourth-order valence-electron chi connectivity index (χ4n) is 5.02. The first-order valence-electron chi connectivity index (χ1n) is 12.4. The normalized spacial score (nSPS) is 18.6. The zero-order valence-corrected chi connectivity index (χ0v) is 22.2. The fraction of sp³-hybridized carbons (Fsp3) is 0.200. The van der Waals surface area contributed by atoms with E-state index in [0.717, 1.165) is 40.0 Å². The lowest BCUT2D eigenvalue weighted by Crippen LogP contribution is -2.31. The molecule has 6 nitrogen and oxygen atoms in total. The summed E-state index contributed by atoms with van der Waals surface area (Å²) in [6.07, 6.45) is 9.93. The summed E-state index contributed by atoms with van der Waals surface area (Å²) < 4.78 is 30.5. The molecule has 194 valence electrons. The Balaban J connectivity index is 1.53. The van der Waals surface area contributed by atoms with Crippen molar-refractivity contribution in [2.24, 2.45) is 7.05 Å². The summed E-state index contributed by atoms with van der Waals surface area (Å²) in [5.41, 5.74) is 5.12. The molecule has 4 aromatic rings. The lowest BCUT2D eigenvalue weighted by molar-refractivity contribution is 0.498. The number of halogens is 1. The van der Waals surface area contributed by atoms with E-state index in [-0.39, 0.29) is 5.82 Å². The minimum Gasteiger partial charge on any atom is -0.355 e. The third-order valence-corrected chi connectivity index (χ3v) is 8.38. The molecule has 2 atom stereocenters. The van der Waals surface area contributed by atoms with Crippen LogP contribution in [0.15, 0.2) is 90.1 Å². The average Bonchev–Trinajstić information content (AvgIpc) is 3.56. The first kappa shape index (κ1) is 25.8. The maximum absolute atomic E-state index is 13.4. The quantitative estimate of drug-likeness (QED) is 0.277. The molecule has 1 aliphatic heterocycles. The number of hydrogen-bond donors (Lipinski definition) is 2.